The predicted molar refractivity (Wildman–Crippen MR) is 236 cm³/mol. The summed E-state index contributed by atoms with van der Waals surface area (Å²) in [5, 5.41) is 3.61. The number of para-hydroxylation sites is 1. The highest BCUT2D eigenvalue weighted by Crippen LogP contribution is 2.40. The number of benzene rings is 9. The number of hydrogen-bond acceptors (Lipinski definition) is 2. The van der Waals surface area contributed by atoms with Crippen LogP contribution in [0.3, 0.4) is 0 Å². The van der Waals surface area contributed by atoms with E-state index in [-0.39, 0.29) is 0 Å². The maximum atomic E-state index is 6.21. The number of rotatable bonds is 8. The fourth-order valence-electron chi connectivity index (χ4n) is 7.89. The maximum Gasteiger partial charge on any atom is 0.135 e. The average molecular weight is 716 g/mol. The molecule has 1 aromatic heterocycles. The highest BCUT2D eigenvalue weighted by molar-refractivity contribution is 5.97. The van der Waals surface area contributed by atoms with E-state index in [4.69, 9.17) is 4.42 Å². The number of anilines is 3. The molecule has 0 radical (unpaired) electrons. The third-order valence-electron chi connectivity index (χ3n) is 10.7. The Morgan fingerprint density at radius 2 is 0.750 bits per heavy atom. The van der Waals surface area contributed by atoms with Gasteiger partial charge in [0.25, 0.3) is 0 Å². The van der Waals surface area contributed by atoms with E-state index in [1.165, 1.54) is 44.2 Å². The van der Waals surface area contributed by atoms with E-state index in [0.29, 0.717) is 0 Å². The van der Waals surface area contributed by atoms with Crippen molar-refractivity contribution in [2.24, 2.45) is 0 Å². The summed E-state index contributed by atoms with van der Waals surface area (Å²) >= 11 is 0. The molecule has 2 nitrogen and oxygen atoms in total. The van der Waals surface area contributed by atoms with Crippen LogP contribution in [0.2, 0.25) is 0 Å². The Morgan fingerprint density at radius 1 is 0.286 bits per heavy atom. The van der Waals surface area contributed by atoms with Crippen LogP contribution in [0.5, 0.6) is 0 Å². The van der Waals surface area contributed by atoms with Crippen molar-refractivity contribution in [3.05, 3.63) is 224 Å². The molecule has 0 saturated carbocycles. The average Bonchev–Trinajstić information content (AvgIpc) is 3.72. The first-order valence-corrected chi connectivity index (χ1v) is 19.1. The van der Waals surface area contributed by atoms with Crippen molar-refractivity contribution in [2.45, 2.75) is 0 Å². The minimum atomic E-state index is 0.873. The zero-order chi connectivity index (χ0) is 37.3. The summed E-state index contributed by atoms with van der Waals surface area (Å²) < 4.78 is 6.21. The van der Waals surface area contributed by atoms with Crippen LogP contribution >= 0.6 is 0 Å². The van der Waals surface area contributed by atoms with Crippen LogP contribution in [0.4, 0.5) is 17.1 Å². The Bertz CT molecular complexity index is 2900. The summed E-state index contributed by atoms with van der Waals surface area (Å²) in [5.41, 5.74) is 14.8. The molecular formula is C54H37NO. The first-order chi connectivity index (χ1) is 27.7. The van der Waals surface area contributed by atoms with Crippen molar-refractivity contribution >= 4 is 38.8 Å². The molecule has 10 aromatic rings. The standard InChI is InChI=1S/C54H37NO/c1-2-12-39(13-3-1)49-20-7-8-21-51(49)41-26-32-47(33-27-41)55(48-34-28-42(29-35-48)52-22-11-16-40-14-4-6-19-50(40)52)46-30-24-38(25-31-46)43-17-10-18-44(36-43)54-37-45-15-5-9-23-53(45)56-54/h1-37H. The molecule has 264 valence electrons. The van der Waals surface area contributed by atoms with Crippen LogP contribution in [0, 0.1) is 0 Å². The maximum absolute atomic E-state index is 6.21. The van der Waals surface area contributed by atoms with Gasteiger partial charge in [0.15, 0.2) is 0 Å². The van der Waals surface area contributed by atoms with Crippen LogP contribution in [0.25, 0.3) is 77.6 Å². The molecule has 56 heavy (non-hydrogen) atoms. The molecular weight excluding hydrogens is 679 g/mol. The minimum absolute atomic E-state index is 0.873. The van der Waals surface area contributed by atoms with Crippen molar-refractivity contribution in [3.8, 4) is 55.8 Å². The third kappa shape index (κ3) is 6.34. The van der Waals surface area contributed by atoms with Gasteiger partial charge in [-0.15, -0.1) is 0 Å². The lowest BCUT2D eigenvalue weighted by Crippen LogP contribution is -2.09. The molecule has 9 aromatic carbocycles. The molecule has 2 heteroatoms. The summed E-state index contributed by atoms with van der Waals surface area (Å²) in [6.07, 6.45) is 0. The minimum Gasteiger partial charge on any atom is -0.456 e. The summed E-state index contributed by atoms with van der Waals surface area (Å²) in [7, 11) is 0. The third-order valence-corrected chi connectivity index (χ3v) is 10.7. The molecule has 0 aliphatic rings. The summed E-state index contributed by atoms with van der Waals surface area (Å²) in [6.45, 7) is 0. The first kappa shape index (κ1) is 33.2. The topological polar surface area (TPSA) is 16.4 Å². The van der Waals surface area contributed by atoms with Gasteiger partial charge in [-0.25, -0.2) is 0 Å². The second-order valence-electron chi connectivity index (χ2n) is 14.1. The number of furan rings is 1. The lowest BCUT2D eigenvalue weighted by molar-refractivity contribution is 0.631. The quantitative estimate of drug-likeness (QED) is 0.156. The van der Waals surface area contributed by atoms with Gasteiger partial charge in [0.05, 0.1) is 0 Å². The molecule has 10 rings (SSSR count). The Morgan fingerprint density at radius 3 is 1.43 bits per heavy atom. The first-order valence-electron chi connectivity index (χ1n) is 19.1. The molecule has 0 aliphatic heterocycles. The van der Waals surface area contributed by atoms with Gasteiger partial charge in [-0.1, -0.05) is 170 Å². The van der Waals surface area contributed by atoms with Crippen LogP contribution < -0.4 is 4.90 Å². The van der Waals surface area contributed by atoms with Crippen molar-refractivity contribution < 1.29 is 4.42 Å². The van der Waals surface area contributed by atoms with Crippen molar-refractivity contribution in [1.82, 2.24) is 0 Å². The fourth-order valence-corrected chi connectivity index (χ4v) is 7.89. The van der Waals surface area contributed by atoms with Gasteiger partial charge in [-0.05, 0) is 110 Å². The molecule has 0 bridgehead atoms. The van der Waals surface area contributed by atoms with E-state index in [2.05, 4.69) is 211 Å². The molecule has 0 unspecified atom stereocenters. The number of nitrogens with zero attached hydrogens (tertiary/aromatic N) is 1. The van der Waals surface area contributed by atoms with Crippen LogP contribution in [0.1, 0.15) is 0 Å². The molecule has 0 fully saturated rings. The Balaban J connectivity index is 1.02. The van der Waals surface area contributed by atoms with E-state index in [0.717, 1.165) is 50.5 Å². The molecule has 0 saturated heterocycles. The van der Waals surface area contributed by atoms with Crippen LogP contribution in [-0.2, 0) is 0 Å². The van der Waals surface area contributed by atoms with Crippen molar-refractivity contribution in [2.75, 3.05) is 4.90 Å². The summed E-state index contributed by atoms with van der Waals surface area (Å²) in [4.78, 5) is 2.34. The molecule has 1 heterocycles. The van der Waals surface area contributed by atoms with E-state index in [1.807, 2.05) is 18.2 Å². The lowest BCUT2D eigenvalue weighted by Gasteiger charge is -2.26. The number of hydrogen-bond donors (Lipinski definition) is 0. The van der Waals surface area contributed by atoms with Crippen molar-refractivity contribution in [3.63, 3.8) is 0 Å². The van der Waals surface area contributed by atoms with Crippen LogP contribution in [-0.4, -0.2) is 0 Å². The second-order valence-corrected chi connectivity index (χ2v) is 14.1. The Hall–Kier alpha value is -7.42. The van der Waals surface area contributed by atoms with E-state index < -0.39 is 0 Å². The van der Waals surface area contributed by atoms with Gasteiger partial charge in [0.2, 0.25) is 0 Å². The second kappa shape index (κ2) is 14.4. The smallest absolute Gasteiger partial charge is 0.135 e. The molecule has 0 atom stereocenters. The fraction of sp³-hybridized carbons (Fsp3) is 0. The highest BCUT2D eigenvalue weighted by Gasteiger charge is 2.16. The molecule has 0 aliphatic carbocycles. The SMILES string of the molecule is c1ccc(-c2ccccc2-c2ccc(N(c3ccc(-c4cccc(-c5cc6ccccc6o5)c4)cc3)c3ccc(-c4cccc5ccccc45)cc3)cc2)cc1. The Labute approximate surface area is 327 Å². The molecule has 0 N–H and O–H groups in total. The van der Waals surface area contributed by atoms with Gasteiger partial charge in [-0.3, -0.25) is 0 Å². The highest BCUT2D eigenvalue weighted by atomic mass is 16.3. The van der Waals surface area contributed by atoms with Gasteiger partial charge in [0.1, 0.15) is 11.3 Å². The summed E-state index contributed by atoms with van der Waals surface area (Å²) in [6, 6.07) is 80.0. The van der Waals surface area contributed by atoms with Gasteiger partial charge in [0, 0.05) is 28.0 Å². The zero-order valence-corrected chi connectivity index (χ0v) is 30.7. The van der Waals surface area contributed by atoms with E-state index >= 15 is 0 Å². The Kier molecular flexibility index (Phi) is 8.55. The predicted octanol–water partition coefficient (Wildman–Crippen LogP) is 15.4. The monoisotopic (exact) mass is 715 g/mol. The van der Waals surface area contributed by atoms with Gasteiger partial charge >= 0.3 is 0 Å². The van der Waals surface area contributed by atoms with Gasteiger partial charge in [-0.2, -0.15) is 0 Å². The summed E-state index contributed by atoms with van der Waals surface area (Å²) in [5.74, 6) is 0.873. The lowest BCUT2D eigenvalue weighted by atomic mass is 9.94. The van der Waals surface area contributed by atoms with Gasteiger partial charge < -0.3 is 9.32 Å². The largest absolute Gasteiger partial charge is 0.456 e. The number of fused-ring (bicyclic) bond motifs is 2. The van der Waals surface area contributed by atoms with Crippen molar-refractivity contribution in [1.29, 1.82) is 0 Å². The van der Waals surface area contributed by atoms with Crippen LogP contribution in [0.15, 0.2) is 229 Å². The molecule has 0 spiro atoms. The molecule has 0 amide bonds. The van der Waals surface area contributed by atoms with E-state index in [1.54, 1.807) is 0 Å². The van der Waals surface area contributed by atoms with E-state index in [9.17, 15) is 0 Å². The normalized spacial score (nSPS) is 11.2. The zero-order valence-electron chi connectivity index (χ0n) is 30.7.